The van der Waals surface area contributed by atoms with Gasteiger partial charge in [-0.25, -0.2) is 9.37 Å². The van der Waals surface area contributed by atoms with Crippen LogP contribution in [0, 0.1) is 5.82 Å². The van der Waals surface area contributed by atoms with E-state index in [2.05, 4.69) is 16.8 Å². The van der Waals surface area contributed by atoms with Gasteiger partial charge in [0.1, 0.15) is 0 Å². The van der Waals surface area contributed by atoms with Gasteiger partial charge in [0, 0.05) is 24.3 Å². The first kappa shape index (κ1) is 13.3. The van der Waals surface area contributed by atoms with Crippen LogP contribution < -0.4 is 4.90 Å². The highest BCUT2D eigenvalue weighted by molar-refractivity contribution is 5.44. The van der Waals surface area contributed by atoms with Gasteiger partial charge in [0.05, 0.1) is 6.61 Å². The first-order valence-electron chi connectivity index (χ1n) is 6.78. The quantitative estimate of drug-likeness (QED) is 0.898. The summed E-state index contributed by atoms with van der Waals surface area (Å²) in [7, 11) is 0. The van der Waals surface area contributed by atoms with Gasteiger partial charge in [0.2, 0.25) is 0 Å². The third kappa shape index (κ3) is 2.64. The zero-order chi connectivity index (χ0) is 13.0. The Labute approximate surface area is 108 Å². The van der Waals surface area contributed by atoms with E-state index in [1.54, 1.807) is 6.20 Å². The number of aromatic nitrogens is 1. The van der Waals surface area contributed by atoms with Crippen molar-refractivity contribution >= 4 is 5.82 Å². The maximum atomic E-state index is 14.2. The van der Waals surface area contributed by atoms with Crippen molar-refractivity contribution in [3.05, 3.63) is 23.6 Å². The summed E-state index contributed by atoms with van der Waals surface area (Å²) in [5.41, 5.74) is 0.333. The lowest BCUT2D eigenvalue weighted by Gasteiger charge is -2.30. The third-order valence-electron chi connectivity index (χ3n) is 3.74. The number of anilines is 1. The topological polar surface area (TPSA) is 36.4 Å². The van der Waals surface area contributed by atoms with Gasteiger partial charge in [-0.1, -0.05) is 19.8 Å². The minimum Gasteiger partial charge on any atom is -0.392 e. The molecule has 1 saturated heterocycles. The van der Waals surface area contributed by atoms with Crippen molar-refractivity contribution in [1.29, 1.82) is 0 Å². The van der Waals surface area contributed by atoms with Gasteiger partial charge < -0.3 is 10.0 Å². The normalized spacial score (nSPS) is 20.8. The van der Waals surface area contributed by atoms with Crippen molar-refractivity contribution in [2.24, 2.45) is 0 Å². The Morgan fingerprint density at radius 2 is 2.28 bits per heavy atom. The van der Waals surface area contributed by atoms with Crippen molar-refractivity contribution in [3.8, 4) is 0 Å². The van der Waals surface area contributed by atoms with E-state index in [9.17, 15) is 4.39 Å². The molecular weight excluding hydrogens is 231 g/mol. The predicted molar refractivity (Wildman–Crippen MR) is 70.0 cm³/mol. The second-order valence-corrected chi connectivity index (χ2v) is 4.87. The molecule has 1 aromatic rings. The predicted octanol–water partition coefficient (Wildman–Crippen LogP) is 2.87. The molecule has 1 atom stereocenters. The third-order valence-corrected chi connectivity index (χ3v) is 3.74. The monoisotopic (exact) mass is 252 g/mol. The molecule has 1 aliphatic rings. The SMILES string of the molecule is CCC1CCCCCN1c1nccc(CO)c1F. The molecule has 2 heterocycles. The average Bonchev–Trinajstić information content (AvgIpc) is 2.64. The Morgan fingerprint density at radius 3 is 3.00 bits per heavy atom. The lowest BCUT2D eigenvalue weighted by molar-refractivity contribution is 0.275. The summed E-state index contributed by atoms with van der Waals surface area (Å²) in [5.74, 6) is 0.0515. The van der Waals surface area contributed by atoms with Crippen molar-refractivity contribution in [1.82, 2.24) is 4.98 Å². The molecule has 18 heavy (non-hydrogen) atoms. The fraction of sp³-hybridized carbons (Fsp3) is 0.643. The molecule has 1 aromatic heterocycles. The Hall–Kier alpha value is -1.16. The first-order chi connectivity index (χ1) is 8.77. The van der Waals surface area contributed by atoms with Crippen LogP contribution in [0.2, 0.25) is 0 Å². The van der Waals surface area contributed by atoms with Crippen LogP contribution in [0.1, 0.15) is 44.6 Å². The molecule has 1 unspecified atom stereocenters. The summed E-state index contributed by atoms with van der Waals surface area (Å²) in [5, 5.41) is 9.13. The number of halogens is 1. The smallest absolute Gasteiger partial charge is 0.171 e. The van der Waals surface area contributed by atoms with Crippen LogP contribution >= 0.6 is 0 Å². The van der Waals surface area contributed by atoms with E-state index < -0.39 is 0 Å². The Bertz CT molecular complexity index is 397. The van der Waals surface area contributed by atoms with E-state index in [4.69, 9.17) is 5.11 Å². The number of pyridine rings is 1. The maximum Gasteiger partial charge on any atom is 0.171 e. The number of aliphatic hydroxyl groups is 1. The lowest BCUT2D eigenvalue weighted by Crippen LogP contribution is -2.35. The van der Waals surface area contributed by atoms with Crippen LogP contribution in [0.4, 0.5) is 10.2 Å². The van der Waals surface area contributed by atoms with Crippen LogP contribution in [-0.2, 0) is 6.61 Å². The molecule has 2 rings (SSSR count). The average molecular weight is 252 g/mol. The number of hydrogen-bond acceptors (Lipinski definition) is 3. The van der Waals surface area contributed by atoms with Crippen molar-refractivity contribution < 1.29 is 9.50 Å². The van der Waals surface area contributed by atoms with Crippen LogP contribution in [-0.4, -0.2) is 22.7 Å². The largest absolute Gasteiger partial charge is 0.392 e. The molecule has 0 saturated carbocycles. The van der Waals surface area contributed by atoms with Crippen LogP contribution in [0.5, 0.6) is 0 Å². The summed E-state index contributed by atoms with van der Waals surface area (Å²) >= 11 is 0. The van der Waals surface area contributed by atoms with Crippen LogP contribution in [0.15, 0.2) is 12.3 Å². The van der Waals surface area contributed by atoms with E-state index in [-0.39, 0.29) is 12.4 Å². The Balaban J connectivity index is 2.32. The zero-order valence-corrected chi connectivity index (χ0v) is 10.9. The van der Waals surface area contributed by atoms with Gasteiger partial charge in [-0.2, -0.15) is 0 Å². The minimum absolute atomic E-state index is 0.272. The lowest BCUT2D eigenvalue weighted by atomic mass is 10.1. The van der Waals surface area contributed by atoms with Gasteiger partial charge in [-0.15, -0.1) is 0 Å². The summed E-state index contributed by atoms with van der Waals surface area (Å²) < 4.78 is 14.2. The summed E-state index contributed by atoms with van der Waals surface area (Å²) in [6.07, 6.45) is 7.18. The number of rotatable bonds is 3. The fourth-order valence-corrected chi connectivity index (χ4v) is 2.67. The maximum absolute atomic E-state index is 14.2. The van der Waals surface area contributed by atoms with Gasteiger partial charge >= 0.3 is 0 Å². The molecule has 0 bridgehead atoms. The number of nitrogens with zero attached hydrogens (tertiary/aromatic N) is 2. The fourth-order valence-electron chi connectivity index (χ4n) is 2.67. The molecule has 100 valence electrons. The molecule has 4 heteroatoms. The first-order valence-corrected chi connectivity index (χ1v) is 6.78. The molecular formula is C14H21FN2O. The Kier molecular flexibility index (Phi) is 4.53. The second-order valence-electron chi connectivity index (χ2n) is 4.87. The minimum atomic E-state index is -0.361. The van der Waals surface area contributed by atoms with Gasteiger partial charge in [-0.3, -0.25) is 0 Å². The number of aliphatic hydroxyl groups excluding tert-OH is 1. The summed E-state index contributed by atoms with van der Waals surface area (Å²) in [6.45, 7) is 2.72. The van der Waals surface area contributed by atoms with Crippen molar-refractivity contribution in [2.75, 3.05) is 11.4 Å². The summed E-state index contributed by atoms with van der Waals surface area (Å²) in [6, 6.07) is 1.90. The molecule has 0 spiro atoms. The molecule has 3 nitrogen and oxygen atoms in total. The highest BCUT2D eigenvalue weighted by Crippen LogP contribution is 2.27. The van der Waals surface area contributed by atoms with Crippen LogP contribution in [0.3, 0.4) is 0 Å². The van der Waals surface area contributed by atoms with E-state index in [1.165, 1.54) is 18.9 Å². The van der Waals surface area contributed by atoms with Crippen molar-refractivity contribution in [3.63, 3.8) is 0 Å². The standard InChI is InChI=1S/C14H21FN2O/c1-2-12-6-4-3-5-9-17(12)14-13(15)11(10-18)7-8-16-14/h7-8,12,18H,2-6,9-10H2,1H3. The van der Waals surface area contributed by atoms with Gasteiger partial charge in [-0.05, 0) is 25.3 Å². The highest BCUT2D eigenvalue weighted by atomic mass is 19.1. The highest BCUT2D eigenvalue weighted by Gasteiger charge is 2.24. The second kappa shape index (κ2) is 6.14. The van der Waals surface area contributed by atoms with E-state index in [0.29, 0.717) is 17.4 Å². The summed E-state index contributed by atoms with van der Waals surface area (Å²) in [4.78, 5) is 6.28. The van der Waals surface area contributed by atoms with Crippen LogP contribution in [0.25, 0.3) is 0 Å². The Morgan fingerprint density at radius 1 is 1.44 bits per heavy atom. The zero-order valence-electron chi connectivity index (χ0n) is 10.9. The van der Waals surface area contributed by atoms with E-state index >= 15 is 0 Å². The molecule has 1 aliphatic heterocycles. The molecule has 0 amide bonds. The molecule has 0 aromatic carbocycles. The molecule has 1 fully saturated rings. The van der Waals surface area contributed by atoms with Gasteiger partial charge in [0.15, 0.2) is 11.6 Å². The van der Waals surface area contributed by atoms with Crippen molar-refractivity contribution in [2.45, 2.75) is 51.7 Å². The van der Waals surface area contributed by atoms with E-state index in [1.807, 2.05) is 0 Å². The molecule has 0 radical (unpaired) electrons. The molecule has 0 aliphatic carbocycles. The number of hydrogen-bond donors (Lipinski definition) is 1. The molecule has 1 N–H and O–H groups in total. The van der Waals surface area contributed by atoms with Gasteiger partial charge in [0.25, 0.3) is 0 Å². The van der Waals surface area contributed by atoms with E-state index in [0.717, 1.165) is 25.8 Å².